The zero-order chi connectivity index (χ0) is 17.2. The van der Waals surface area contributed by atoms with Crippen LogP contribution in [-0.2, 0) is 19.6 Å². The number of hydrogen-bond acceptors (Lipinski definition) is 6. The number of pyridine rings is 1. The van der Waals surface area contributed by atoms with Crippen molar-refractivity contribution in [2.75, 3.05) is 18.0 Å². The maximum absolute atomic E-state index is 13.0. The molecule has 0 aliphatic heterocycles. The minimum atomic E-state index is -3.97. The van der Waals surface area contributed by atoms with E-state index in [1.807, 2.05) is 0 Å². The first kappa shape index (κ1) is 15.9. The van der Waals surface area contributed by atoms with Crippen molar-refractivity contribution in [3.8, 4) is 0 Å². The molecular weight excluding hydrogens is 332 g/mol. The van der Waals surface area contributed by atoms with E-state index in [0.29, 0.717) is 11.3 Å². The van der Waals surface area contributed by atoms with E-state index in [1.165, 1.54) is 30.1 Å². The average molecular weight is 346 g/mol. The number of anilines is 1. The molecule has 0 fully saturated rings. The van der Waals surface area contributed by atoms with Gasteiger partial charge in [-0.3, -0.25) is 13.5 Å². The summed E-state index contributed by atoms with van der Waals surface area (Å²) in [5.41, 5.74) is 0.889. The van der Waals surface area contributed by atoms with Crippen LogP contribution in [-0.4, -0.2) is 42.6 Å². The van der Waals surface area contributed by atoms with Gasteiger partial charge in [0, 0.05) is 6.20 Å². The van der Waals surface area contributed by atoms with Gasteiger partial charge in [0.25, 0.3) is 10.0 Å². The van der Waals surface area contributed by atoms with Gasteiger partial charge in [-0.25, -0.2) is 8.42 Å². The summed E-state index contributed by atoms with van der Waals surface area (Å²) in [5, 5.41) is 7.56. The molecule has 24 heavy (non-hydrogen) atoms. The van der Waals surface area contributed by atoms with Gasteiger partial charge in [-0.05, 0) is 24.3 Å². The second-order valence-electron chi connectivity index (χ2n) is 4.88. The lowest BCUT2D eigenvalue weighted by atomic mass is 10.3. The molecule has 0 atom stereocenters. The number of hydrogen-bond donors (Lipinski definition) is 0. The lowest BCUT2D eigenvalue weighted by Gasteiger charge is -2.23. The van der Waals surface area contributed by atoms with Crippen molar-refractivity contribution in [3.63, 3.8) is 0 Å². The molecule has 0 bridgehead atoms. The molecule has 2 heterocycles. The van der Waals surface area contributed by atoms with Crippen molar-refractivity contribution in [3.05, 3.63) is 55.0 Å². The van der Waals surface area contributed by atoms with Crippen molar-refractivity contribution in [2.24, 2.45) is 0 Å². The van der Waals surface area contributed by atoms with Crippen molar-refractivity contribution in [1.29, 1.82) is 0 Å². The van der Waals surface area contributed by atoms with E-state index in [9.17, 15) is 13.2 Å². The summed E-state index contributed by atoms with van der Waals surface area (Å²) >= 11 is 0. The predicted octanol–water partition coefficient (Wildman–Crippen LogP) is 1.10. The lowest BCUT2D eigenvalue weighted by molar-refractivity contribution is -0.138. The first-order chi connectivity index (χ1) is 11.5. The Kier molecular flexibility index (Phi) is 4.17. The van der Waals surface area contributed by atoms with E-state index < -0.39 is 22.5 Å². The van der Waals surface area contributed by atoms with Crippen LogP contribution in [0.2, 0.25) is 0 Å². The molecule has 3 aromatic rings. The first-order valence-corrected chi connectivity index (χ1v) is 8.40. The Hall–Kier alpha value is -2.94. The summed E-state index contributed by atoms with van der Waals surface area (Å²) in [7, 11) is -2.76. The third-order valence-corrected chi connectivity index (χ3v) is 5.15. The number of nitrogens with zero attached hydrogens (tertiary/aromatic N) is 4. The molecule has 0 radical (unpaired) electrons. The lowest BCUT2D eigenvalue weighted by Crippen LogP contribution is -2.36. The number of benzene rings is 1. The van der Waals surface area contributed by atoms with Gasteiger partial charge in [-0.15, -0.1) is 10.2 Å². The summed E-state index contributed by atoms with van der Waals surface area (Å²) in [6, 6.07) is 11.3. The number of esters is 1. The Morgan fingerprint density at radius 3 is 2.67 bits per heavy atom. The van der Waals surface area contributed by atoms with Crippen LogP contribution in [0.1, 0.15) is 0 Å². The highest BCUT2D eigenvalue weighted by atomic mass is 32.2. The molecular formula is C15H14N4O4S. The summed E-state index contributed by atoms with van der Waals surface area (Å²) in [6.07, 6.45) is 2.80. The number of sulfonamides is 1. The molecule has 0 saturated carbocycles. The topological polar surface area (TPSA) is 93.9 Å². The smallest absolute Gasteiger partial charge is 0.326 e. The Labute approximate surface area is 138 Å². The van der Waals surface area contributed by atoms with Crippen molar-refractivity contribution in [1.82, 2.24) is 14.6 Å². The summed E-state index contributed by atoms with van der Waals surface area (Å²) in [6.45, 7) is -0.428. The number of carbonyl (C=O) groups is 1. The highest BCUT2D eigenvalue weighted by molar-refractivity contribution is 7.92. The fourth-order valence-corrected chi connectivity index (χ4v) is 3.59. The standard InChI is InChI=1S/C15H14N4O4S/c1-23-15(20)10-19(12-5-3-2-4-6-12)24(21,22)13-7-8-14-17-16-11-18(14)9-13/h2-9,11H,10H2,1H3. The fraction of sp³-hybridized carbons (Fsp3) is 0.133. The van der Waals surface area contributed by atoms with E-state index in [1.54, 1.807) is 36.4 Å². The van der Waals surface area contributed by atoms with E-state index in [2.05, 4.69) is 14.9 Å². The molecule has 8 nitrogen and oxygen atoms in total. The van der Waals surface area contributed by atoms with Crippen LogP contribution >= 0.6 is 0 Å². The SMILES string of the molecule is COC(=O)CN(c1ccccc1)S(=O)(=O)c1ccc2nncn2c1. The fourth-order valence-electron chi connectivity index (χ4n) is 2.18. The van der Waals surface area contributed by atoms with Gasteiger partial charge in [-0.1, -0.05) is 18.2 Å². The average Bonchev–Trinajstić information content (AvgIpc) is 3.07. The van der Waals surface area contributed by atoms with E-state index in [0.717, 1.165) is 4.31 Å². The van der Waals surface area contributed by atoms with Gasteiger partial charge in [-0.2, -0.15) is 0 Å². The molecule has 3 rings (SSSR count). The van der Waals surface area contributed by atoms with Gasteiger partial charge in [0.05, 0.1) is 12.8 Å². The zero-order valence-corrected chi connectivity index (χ0v) is 13.5. The van der Waals surface area contributed by atoms with Gasteiger partial charge >= 0.3 is 5.97 Å². The Balaban J connectivity index is 2.08. The normalized spacial score (nSPS) is 11.4. The number of ether oxygens (including phenoxy) is 1. The molecule has 0 unspecified atom stereocenters. The van der Waals surface area contributed by atoms with E-state index >= 15 is 0 Å². The van der Waals surface area contributed by atoms with Crippen LogP contribution in [0.5, 0.6) is 0 Å². The van der Waals surface area contributed by atoms with Gasteiger partial charge in [0.15, 0.2) is 5.65 Å². The number of para-hydroxylation sites is 1. The van der Waals surface area contributed by atoms with Crippen molar-refractivity contribution < 1.29 is 17.9 Å². The molecule has 124 valence electrons. The number of carbonyl (C=O) groups excluding carboxylic acids is 1. The van der Waals surface area contributed by atoms with E-state index in [4.69, 9.17) is 0 Å². The van der Waals surface area contributed by atoms with Crippen molar-refractivity contribution in [2.45, 2.75) is 4.90 Å². The van der Waals surface area contributed by atoms with Gasteiger partial charge < -0.3 is 4.74 Å². The van der Waals surface area contributed by atoms with E-state index in [-0.39, 0.29) is 4.90 Å². The molecule has 1 aromatic carbocycles. The quantitative estimate of drug-likeness (QED) is 0.642. The molecule has 0 saturated heterocycles. The number of fused-ring (bicyclic) bond motifs is 1. The van der Waals surface area contributed by atoms with Crippen LogP contribution in [0.3, 0.4) is 0 Å². The van der Waals surface area contributed by atoms with Crippen LogP contribution in [0.15, 0.2) is 59.9 Å². The van der Waals surface area contributed by atoms with Crippen LogP contribution in [0.25, 0.3) is 5.65 Å². The molecule has 0 N–H and O–H groups in total. The third-order valence-electron chi connectivity index (χ3n) is 3.40. The van der Waals surface area contributed by atoms with Gasteiger partial charge in [0.2, 0.25) is 0 Å². The molecule has 0 aliphatic carbocycles. The molecule has 0 spiro atoms. The third kappa shape index (κ3) is 2.93. The number of aromatic nitrogens is 3. The number of rotatable bonds is 5. The van der Waals surface area contributed by atoms with Crippen LogP contribution < -0.4 is 4.31 Å². The Morgan fingerprint density at radius 2 is 1.96 bits per heavy atom. The monoisotopic (exact) mass is 346 g/mol. The molecule has 9 heteroatoms. The Bertz CT molecular complexity index is 969. The maximum atomic E-state index is 13.0. The van der Waals surface area contributed by atoms with Gasteiger partial charge in [0.1, 0.15) is 17.8 Å². The highest BCUT2D eigenvalue weighted by Crippen LogP contribution is 2.23. The molecule has 2 aromatic heterocycles. The molecule has 0 aliphatic rings. The van der Waals surface area contributed by atoms with Crippen molar-refractivity contribution >= 4 is 27.3 Å². The largest absolute Gasteiger partial charge is 0.468 e. The first-order valence-electron chi connectivity index (χ1n) is 6.96. The second kappa shape index (κ2) is 6.28. The predicted molar refractivity (Wildman–Crippen MR) is 86.0 cm³/mol. The minimum absolute atomic E-state index is 0.0163. The number of methoxy groups -OCH3 is 1. The Morgan fingerprint density at radius 1 is 1.21 bits per heavy atom. The second-order valence-corrected chi connectivity index (χ2v) is 6.75. The molecule has 0 amide bonds. The minimum Gasteiger partial charge on any atom is -0.468 e. The summed E-state index contributed by atoms with van der Waals surface area (Å²) in [4.78, 5) is 11.7. The highest BCUT2D eigenvalue weighted by Gasteiger charge is 2.28. The van der Waals surface area contributed by atoms with Crippen LogP contribution in [0.4, 0.5) is 5.69 Å². The zero-order valence-electron chi connectivity index (χ0n) is 12.7. The van der Waals surface area contributed by atoms with Crippen LogP contribution in [0, 0.1) is 0 Å². The summed E-state index contributed by atoms with van der Waals surface area (Å²) in [5.74, 6) is -0.659. The summed E-state index contributed by atoms with van der Waals surface area (Å²) < 4.78 is 33.1. The maximum Gasteiger partial charge on any atom is 0.326 e.